The number of carbonyl (C=O) groups excluding carboxylic acids is 1. The zero-order valence-electron chi connectivity index (χ0n) is 15.2. The minimum Gasteiger partial charge on any atom is -0.481 e. The van der Waals surface area contributed by atoms with E-state index >= 15 is 0 Å². The number of hydrogen-bond donors (Lipinski definition) is 1. The lowest BCUT2D eigenvalue weighted by molar-refractivity contribution is -0.157. The highest BCUT2D eigenvalue weighted by Gasteiger charge is 2.55. The minimum atomic E-state index is -0.890. The molecule has 2 aliphatic rings. The van der Waals surface area contributed by atoms with Crippen molar-refractivity contribution < 1.29 is 19.4 Å². The van der Waals surface area contributed by atoms with Gasteiger partial charge in [0.25, 0.3) is 5.91 Å². The second-order valence-electron chi connectivity index (χ2n) is 7.36. The van der Waals surface area contributed by atoms with E-state index in [9.17, 15) is 14.7 Å². The summed E-state index contributed by atoms with van der Waals surface area (Å²) in [5.41, 5.74) is 2.09. The fourth-order valence-corrected chi connectivity index (χ4v) is 4.18. The van der Waals surface area contributed by atoms with Crippen molar-refractivity contribution in [2.75, 3.05) is 26.3 Å². The van der Waals surface area contributed by atoms with Crippen LogP contribution in [0.2, 0.25) is 0 Å². The number of benzene rings is 1. The van der Waals surface area contributed by atoms with E-state index in [0.717, 1.165) is 11.3 Å². The number of rotatable bonds is 3. The van der Waals surface area contributed by atoms with Crippen LogP contribution in [0, 0.1) is 18.3 Å². The molecule has 0 unspecified atom stereocenters. The van der Waals surface area contributed by atoms with E-state index in [-0.39, 0.29) is 18.4 Å². The molecule has 27 heavy (non-hydrogen) atoms. The van der Waals surface area contributed by atoms with Gasteiger partial charge >= 0.3 is 5.97 Å². The van der Waals surface area contributed by atoms with Crippen molar-refractivity contribution in [1.82, 2.24) is 9.88 Å². The van der Waals surface area contributed by atoms with Gasteiger partial charge in [0.1, 0.15) is 0 Å². The molecule has 2 fully saturated rings. The Bertz CT molecular complexity index is 883. The monoisotopic (exact) mass is 366 g/mol. The van der Waals surface area contributed by atoms with Crippen LogP contribution >= 0.6 is 0 Å². The summed E-state index contributed by atoms with van der Waals surface area (Å²) in [5, 5.41) is 9.78. The van der Waals surface area contributed by atoms with Gasteiger partial charge in [0.15, 0.2) is 0 Å². The third-order valence-electron chi connectivity index (χ3n) is 5.81. The molecule has 1 aromatic carbocycles. The van der Waals surface area contributed by atoms with Crippen molar-refractivity contribution in [3.05, 3.63) is 53.7 Å². The van der Waals surface area contributed by atoms with Gasteiger partial charge in [-0.25, -0.2) is 0 Å². The van der Waals surface area contributed by atoms with Gasteiger partial charge < -0.3 is 14.7 Å². The van der Waals surface area contributed by atoms with Gasteiger partial charge in [-0.15, -0.1) is 0 Å². The van der Waals surface area contributed by atoms with Crippen molar-refractivity contribution in [2.24, 2.45) is 11.3 Å². The Labute approximate surface area is 157 Å². The average Bonchev–Trinajstić information content (AvgIpc) is 3.09. The van der Waals surface area contributed by atoms with E-state index in [1.807, 2.05) is 43.3 Å². The quantitative estimate of drug-likeness (QED) is 0.903. The van der Waals surface area contributed by atoms with Crippen molar-refractivity contribution in [3.8, 4) is 11.3 Å². The van der Waals surface area contributed by atoms with E-state index in [1.54, 1.807) is 11.0 Å². The molecule has 1 aromatic heterocycles. The average molecular weight is 366 g/mol. The molecule has 0 spiro atoms. The van der Waals surface area contributed by atoms with Crippen LogP contribution in [0.3, 0.4) is 0 Å². The van der Waals surface area contributed by atoms with Crippen molar-refractivity contribution in [1.29, 1.82) is 0 Å². The van der Waals surface area contributed by atoms with Crippen LogP contribution in [0.5, 0.6) is 0 Å². The number of aromatic nitrogens is 1. The third kappa shape index (κ3) is 3.00. The Hall–Kier alpha value is -2.73. The molecule has 2 aromatic rings. The first-order valence-corrected chi connectivity index (χ1v) is 9.15. The number of hydrogen-bond acceptors (Lipinski definition) is 4. The number of carboxylic acids is 1. The fraction of sp³-hybridized carbons (Fsp3) is 0.381. The van der Waals surface area contributed by atoms with E-state index in [0.29, 0.717) is 37.4 Å². The number of aliphatic carboxylic acids is 1. The number of fused-ring (bicyclic) bond motifs is 1. The van der Waals surface area contributed by atoms with E-state index in [1.165, 1.54) is 0 Å². The van der Waals surface area contributed by atoms with Crippen LogP contribution in [0.4, 0.5) is 0 Å². The maximum absolute atomic E-state index is 13.1. The summed E-state index contributed by atoms with van der Waals surface area (Å²) in [5.74, 6) is -1.15. The number of aryl methyl sites for hydroxylation is 1. The topological polar surface area (TPSA) is 79.7 Å². The Morgan fingerprint density at radius 2 is 2.00 bits per heavy atom. The summed E-state index contributed by atoms with van der Waals surface area (Å²) >= 11 is 0. The van der Waals surface area contributed by atoms with Gasteiger partial charge in [0.05, 0.1) is 29.0 Å². The molecule has 2 saturated heterocycles. The highest BCUT2D eigenvalue weighted by atomic mass is 16.5. The lowest BCUT2D eigenvalue weighted by Crippen LogP contribution is -2.45. The van der Waals surface area contributed by atoms with Crippen LogP contribution in [0.25, 0.3) is 11.3 Å². The molecule has 3 heterocycles. The SMILES string of the molecule is Cc1nc(-c2ccccc2)ccc1C(=O)N1C[C@H]2COCC[C@@]2(C(=O)O)C1. The molecule has 2 aliphatic heterocycles. The zero-order valence-corrected chi connectivity index (χ0v) is 15.2. The zero-order chi connectivity index (χ0) is 19.0. The van der Waals surface area contributed by atoms with Gasteiger partial charge in [-0.3, -0.25) is 14.6 Å². The van der Waals surface area contributed by atoms with Crippen LogP contribution in [-0.2, 0) is 9.53 Å². The molecule has 2 atom stereocenters. The fourth-order valence-electron chi connectivity index (χ4n) is 4.18. The number of carbonyl (C=O) groups is 2. The van der Waals surface area contributed by atoms with Crippen molar-refractivity contribution >= 4 is 11.9 Å². The van der Waals surface area contributed by atoms with Gasteiger partial charge in [-0.05, 0) is 25.5 Å². The molecule has 0 saturated carbocycles. The number of amides is 1. The normalized spacial score (nSPS) is 24.5. The molecule has 0 aliphatic carbocycles. The lowest BCUT2D eigenvalue weighted by Gasteiger charge is -2.33. The summed E-state index contributed by atoms with van der Waals surface area (Å²) in [4.78, 5) is 31.2. The van der Waals surface area contributed by atoms with Gasteiger partial charge in [0.2, 0.25) is 0 Å². The molecule has 0 radical (unpaired) electrons. The second kappa shape index (κ2) is 6.78. The highest BCUT2D eigenvalue weighted by Crippen LogP contribution is 2.43. The second-order valence-corrected chi connectivity index (χ2v) is 7.36. The number of carboxylic acid groups (broad SMARTS) is 1. The number of pyridine rings is 1. The summed E-state index contributed by atoms with van der Waals surface area (Å²) in [6.45, 7) is 3.27. The number of ether oxygens (including phenoxy) is 1. The van der Waals surface area contributed by atoms with E-state index in [4.69, 9.17) is 4.74 Å². The van der Waals surface area contributed by atoms with Gasteiger partial charge in [-0.1, -0.05) is 30.3 Å². The Morgan fingerprint density at radius 3 is 2.67 bits per heavy atom. The maximum Gasteiger partial charge on any atom is 0.311 e. The smallest absolute Gasteiger partial charge is 0.311 e. The van der Waals surface area contributed by atoms with E-state index in [2.05, 4.69) is 4.98 Å². The standard InChI is InChI=1S/C21H22N2O4/c1-14-17(7-8-18(22-14)15-5-3-2-4-6-15)19(24)23-11-16-12-27-10-9-21(16,13-23)20(25)26/h2-8,16H,9-13H2,1H3,(H,25,26)/t16-,21+/m0/s1. The molecule has 1 N–H and O–H groups in total. The third-order valence-corrected chi connectivity index (χ3v) is 5.81. The molecule has 140 valence electrons. The van der Waals surface area contributed by atoms with Crippen LogP contribution < -0.4 is 0 Å². The number of likely N-dealkylation sites (tertiary alicyclic amines) is 1. The summed E-state index contributed by atoms with van der Waals surface area (Å²) in [6, 6.07) is 13.4. The molecular formula is C21H22N2O4. The van der Waals surface area contributed by atoms with Crippen molar-refractivity contribution in [2.45, 2.75) is 13.3 Å². The first-order valence-electron chi connectivity index (χ1n) is 9.15. The highest BCUT2D eigenvalue weighted by molar-refractivity contribution is 5.96. The maximum atomic E-state index is 13.1. The van der Waals surface area contributed by atoms with Crippen LogP contribution in [0.15, 0.2) is 42.5 Å². The van der Waals surface area contributed by atoms with Crippen LogP contribution in [-0.4, -0.2) is 53.2 Å². The molecule has 6 nitrogen and oxygen atoms in total. The predicted octanol–water partition coefficient (Wildman–Crippen LogP) is 2.62. The van der Waals surface area contributed by atoms with E-state index < -0.39 is 11.4 Å². The molecule has 0 bridgehead atoms. The predicted molar refractivity (Wildman–Crippen MR) is 99.3 cm³/mol. The Balaban J connectivity index is 1.59. The first kappa shape index (κ1) is 17.7. The molecule has 1 amide bonds. The minimum absolute atomic E-state index is 0.158. The Morgan fingerprint density at radius 1 is 1.22 bits per heavy atom. The summed E-state index contributed by atoms with van der Waals surface area (Å²) in [6.07, 6.45) is 0.445. The first-order chi connectivity index (χ1) is 13.0. The number of nitrogens with zero attached hydrogens (tertiary/aromatic N) is 2. The summed E-state index contributed by atoms with van der Waals surface area (Å²) < 4.78 is 5.47. The largest absolute Gasteiger partial charge is 0.481 e. The van der Waals surface area contributed by atoms with Crippen LogP contribution in [0.1, 0.15) is 22.5 Å². The summed E-state index contributed by atoms with van der Waals surface area (Å²) in [7, 11) is 0. The Kier molecular flexibility index (Phi) is 4.44. The molecule has 4 rings (SSSR count). The molecular weight excluding hydrogens is 344 g/mol. The van der Waals surface area contributed by atoms with Gasteiger partial charge in [-0.2, -0.15) is 0 Å². The lowest BCUT2D eigenvalue weighted by atomic mass is 9.74. The molecule has 6 heteroatoms. The van der Waals surface area contributed by atoms with Gasteiger partial charge in [0, 0.05) is 31.2 Å². The van der Waals surface area contributed by atoms with Crippen molar-refractivity contribution in [3.63, 3.8) is 0 Å².